The maximum Gasteiger partial charge on any atom is 0.154 e. The summed E-state index contributed by atoms with van der Waals surface area (Å²) < 4.78 is 2.19. The van der Waals surface area contributed by atoms with Gasteiger partial charge in [0.2, 0.25) is 0 Å². The number of aryl methyl sites for hydroxylation is 1. The summed E-state index contributed by atoms with van der Waals surface area (Å²) in [4.78, 5) is 11.2. The number of benzene rings is 2. The Labute approximate surface area is 136 Å². The van der Waals surface area contributed by atoms with Crippen molar-refractivity contribution in [2.75, 3.05) is 5.32 Å². The van der Waals surface area contributed by atoms with E-state index in [-0.39, 0.29) is 5.78 Å². The molecule has 0 amide bonds. The molecule has 0 bridgehead atoms. The van der Waals surface area contributed by atoms with Gasteiger partial charge in [-0.25, -0.2) is 0 Å². The van der Waals surface area contributed by atoms with Gasteiger partial charge in [0.25, 0.3) is 0 Å². The molecule has 0 radical (unpaired) electrons. The highest BCUT2D eigenvalue weighted by molar-refractivity contribution is 5.97. The molecular weight excluding hydrogens is 284 g/mol. The zero-order valence-corrected chi connectivity index (χ0v) is 13.6. The summed E-state index contributed by atoms with van der Waals surface area (Å²) in [6.45, 7) is 3.46. The molecule has 2 aromatic carbocycles. The minimum Gasteiger partial charge on any atom is -0.358 e. The van der Waals surface area contributed by atoms with Gasteiger partial charge in [0.1, 0.15) is 0 Å². The highest BCUT2D eigenvalue weighted by Gasteiger charge is 2.10. The van der Waals surface area contributed by atoms with E-state index in [0.29, 0.717) is 0 Å². The Morgan fingerprint density at radius 2 is 1.78 bits per heavy atom. The van der Waals surface area contributed by atoms with Gasteiger partial charge in [-0.2, -0.15) is 0 Å². The fourth-order valence-corrected chi connectivity index (χ4v) is 2.91. The maximum atomic E-state index is 11.2. The summed E-state index contributed by atoms with van der Waals surface area (Å²) in [5.41, 5.74) is 5.37. The summed E-state index contributed by atoms with van der Waals surface area (Å²) in [7, 11) is 2.08. The van der Waals surface area contributed by atoms with E-state index in [4.69, 9.17) is 0 Å². The molecule has 3 heteroatoms. The summed E-state index contributed by atoms with van der Waals surface area (Å²) in [6.07, 6.45) is 1.61. The topological polar surface area (TPSA) is 34.0 Å². The van der Waals surface area contributed by atoms with E-state index in [1.54, 1.807) is 13.0 Å². The van der Waals surface area contributed by atoms with E-state index in [2.05, 4.69) is 41.2 Å². The average Bonchev–Trinajstić information content (AvgIpc) is 2.86. The maximum absolute atomic E-state index is 11.2. The van der Waals surface area contributed by atoms with Gasteiger partial charge in [-0.05, 0) is 43.7 Å². The Kier molecular flexibility index (Phi) is 4.02. The Morgan fingerprint density at radius 3 is 2.48 bits per heavy atom. The minimum absolute atomic E-state index is 0.0419. The number of aromatic nitrogens is 1. The smallest absolute Gasteiger partial charge is 0.154 e. The number of hydrogen-bond acceptors (Lipinski definition) is 2. The van der Waals surface area contributed by atoms with E-state index in [9.17, 15) is 4.79 Å². The second-order valence-electron chi connectivity index (χ2n) is 5.76. The average molecular weight is 304 g/mol. The molecule has 1 aromatic heterocycles. The van der Waals surface area contributed by atoms with Crippen molar-refractivity contribution < 1.29 is 4.79 Å². The molecule has 0 aliphatic rings. The zero-order valence-electron chi connectivity index (χ0n) is 13.6. The van der Waals surface area contributed by atoms with Crippen molar-refractivity contribution in [3.8, 4) is 11.3 Å². The third-order valence-electron chi connectivity index (χ3n) is 3.91. The van der Waals surface area contributed by atoms with Crippen LogP contribution in [0.3, 0.4) is 0 Å². The van der Waals surface area contributed by atoms with Gasteiger partial charge in [0, 0.05) is 29.5 Å². The van der Waals surface area contributed by atoms with E-state index in [0.717, 1.165) is 22.3 Å². The number of carbonyl (C=O) groups is 1. The number of anilines is 1. The van der Waals surface area contributed by atoms with Crippen molar-refractivity contribution >= 4 is 22.4 Å². The van der Waals surface area contributed by atoms with Gasteiger partial charge in [-0.15, -0.1) is 0 Å². The predicted octanol–water partition coefficient (Wildman–Crippen LogP) is 4.75. The van der Waals surface area contributed by atoms with Crippen LogP contribution in [0.1, 0.15) is 13.8 Å². The molecule has 0 unspecified atom stereocenters. The number of ketones is 1. The minimum atomic E-state index is 0.0419. The second-order valence-corrected chi connectivity index (χ2v) is 5.76. The molecule has 0 aliphatic carbocycles. The number of rotatable bonds is 4. The van der Waals surface area contributed by atoms with Crippen molar-refractivity contribution in [3.63, 3.8) is 0 Å². The molecule has 0 saturated carbocycles. The highest BCUT2D eigenvalue weighted by atomic mass is 16.1. The molecule has 1 N–H and O–H groups in total. The van der Waals surface area contributed by atoms with Crippen LogP contribution in [0.2, 0.25) is 0 Å². The van der Waals surface area contributed by atoms with E-state index < -0.39 is 0 Å². The van der Waals surface area contributed by atoms with Crippen molar-refractivity contribution in [1.82, 2.24) is 4.57 Å². The number of fused-ring (bicyclic) bond motifs is 1. The Morgan fingerprint density at radius 1 is 1.04 bits per heavy atom. The first-order valence-corrected chi connectivity index (χ1v) is 7.66. The molecule has 116 valence electrons. The second kappa shape index (κ2) is 6.13. The number of hydrogen-bond donors (Lipinski definition) is 1. The van der Waals surface area contributed by atoms with E-state index in [1.807, 2.05) is 37.3 Å². The van der Waals surface area contributed by atoms with Crippen LogP contribution < -0.4 is 5.32 Å². The van der Waals surface area contributed by atoms with Crippen LogP contribution in [0.15, 0.2) is 66.4 Å². The first-order valence-electron chi connectivity index (χ1n) is 7.66. The third kappa shape index (κ3) is 3.04. The molecule has 3 nitrogen and oxygen atoms in total. The van der Waals surface area contributed by atoms with Gasteiger partial charge in [0.15, 0.2) is 5.78 Å². The number of nitrogens with one attached hydrogen (secondary N) is 1. The quantitative estimate of drug-likeness (QED) is 0.706. The molecule has 23 heavy (non-hydrogen) atoms. The lowest BCUT2D eigenvalue weighted by molar-refractivity contribution is -0.112. The Hall–Kier alpha value is -2.81. The van der Waals surface area contributed by atoms with Crippen LogP contribution in [0.25, 0.3) is 22.2 Å². The molecule has 0 spiro atoms. The van der Waals surface area contributed by atoms with Gasteiger partial charge < -0.3 is 9.88 Å². The van der Waals surface area contributed by atoms with Crippen LogP contribution in [0, 0.1) is 0 Å². The van der Waals surface area contributed by atoms with Gasteiger partial charge in [-0.3, -0.25) is 4.79 Å². The first-order chi connectivity index (χ1) is 11.1. The molecule has 0 saturated heterocycles. The van der Waals surface area contributed by atoms with Gasteiger partial charge >= 0.3 is 0 Å². The summed E-state index contributed by atoms with van der Waals surface area (Å²) in [5, 5.41) is 4.48. The van der Waals surface area contributed by atoms with Gasteiger partial charge in [-0.1, -0.05) is 36.4 Å². The largest absolute Gasteiger partial charge is 0.358 e. The summed E-state index contributed by atoms with van der Waals surface area (Å²) >= 11 is 0. The summed E-state index contributed by atoms with van der Waals surface area (Å²) in [6, 6.07) is 18.7. The van der Waals surface area contributed by atoms with Crippen LogP contribution in [0.5, 0.6) is 0 Å². The lowest BCUT2D eigenvalue weighted by atomic mass is 10.1. The van der Waals surface area contributed by atoms with E-state index >= 15 is 0 Å². The molecule has 0 atom stereocenters. The van der Waals surface area contributed by atoms with Crippen molar-refractivity contribution in [1.29, 1.82) is 0 Å². The molecule has 0 aliphatic heterocycles. The van der Waals surface area contributed by atoms with Crippen LogP contribution in [-0.4, -0.2) is 10.4 Å². The number of nitrogens with zero attached hydrogens (tertiary/aromatic N) is 1. The van der Waals surface area contributed by atoms with Crippen LogP contribution in [-0.2, 0) is 11.8 Å². The number of carbonyl (C=O) groups excluding carboxylic acids is 1. The SMILES string of the molecule is CC(=O)/C=C(\C)Nc1cccc2c1cc(-c1ccccc1)n2C. The first kappa shape index (κ1) is 15.1. The zero-order chi connectivity index (χ0) is 16.4. The lowest BCUT2D eigenvalue weighted by Crippen LogP contribution is -1.98. The van der Waals surface area contributed by atoms with Crippen LogP contribution in [0.4, 0.5) is 5.69 Å². The molecule has 3 rings (SSSR count). The fourth-order valence-electron chi connectivity index (χ4n) is 2.91. The molecular formula is C20H20N2O. The van der Waals surface area contributed by atoms with E-state index in [1.165, 1.54) is 11.3 Å². The van der Waals surface area contributed by atoms with Crippen molar-refractivity contribution in [2.45, 2.75) is 13.8 Å². The predicted molar refractivity (Wildman–Crippen MR) is 96.4 cm³/mol. The van der Waals surface area contributed by atoms with Crippen molar-refractivity contribution in [2.24, 2.45) is 7.05 Å². The Balaban J connectivity index is 2.10. The highest BCUT2D eigenvalue weighted by Crippen LogP contribution is 2.32. The van der Waals surface area contributed by atoms with Crippen LogP contribution >= 0.6 is 0 Å². The standard InChI is InChI=1S/C20H20N2O/c1-14(12-15(2)23)21-18-10-7-11-19-17(18)13-20(22(19)3)16-8-5-4-6-9-16/h4-13,21H,1-3H3/b14-12+. The third-order valence-corrected chi connectivity index (χ3v) is 3.91. The fraction of sp³-hybridized carbons (Fsp3) is 0.150. The lowest BCUT2D eigenvalue weighted by Gasteiger charge is -2.08. The van der Waals surface area contributed by atoms with Gasteiger partial charge in [0.05, 0.1) is 5.52 Å². The normalized spacial score (nSPS) is 11.7. The molecule has 1 heterocycles. The molecule has 0 fully saturated rings. The summed E-state index contributed by atoms with van der Waals surface area (Å²) in [5.74, 6) is 0.0419. The molecule has 3 aromatic rings. The monoisotopic (exact) mass is 304 g/mol. The number of allylic oxidation sites excluding steroid dienone is 2. The Bertz CT molecular complexity index is 889. The van der Waals surface area contributed by atoms with Crippen molar-refractivity contribution in [3.05, 3.63) is 66.4 Å².